The van der Waals surface area contributed by atoms with E-state index in [0.717, 1.165) is 36.6 Å². The zero-order valence-corrected chi connectivity index (χ0v) is 12.3. The highest BCUT2D eigenvalue weighted by Crippen LogP contribution is 2.34. The van der Waals surface area contributed by atoms with Gasteiger partial charge in [0.05, 0.1) is 11.4 Å². The van der Waals surface area contributed by atoms with Crippen LogP contribution in [-0.2, 0) is 0 Å². The van der Waals surface area contributed by atoms with E-state index in [1.807, 2.05) is 36.4 Å². The average Bonchev–Trinajstić information content (AvgIpc) is 3.04. The summed E-state index contributed by atoms with van der Waals surface area (Å²) < 4.78 is 0. The van der Waals surface area contributed by atoms with Gasteiger partial charge in [0.2, 0.25) is 5.91 Å². The number of hydrogen-bond donors (Lipinski definition) is 3. The van der Waals surface area contributed by atoms with Gasteiger partial charge in [-0.05, 0) is 49.4 Å². The molecule has 1 heterocycles. The van der Waals surface area contributed by atoms with Gasteiger partial charge >= 0.3 is 0 Å². The predicted octanol–water partition coefficient (Wildman–Crippen LogP) is 1.87. The van der Waals surface area contributed by atoms with E-state index in [2.05, 4.69) is 10.2 Å². The van der Waals surface area contributed by atoms with Crippen LogP contribution in [0.25, 0.3) is 0 Å². The first-order valence-electron chi connectivity index (χ1n) is 7.41. The second-order valence-corrected chi connectivity index (χ2v) is 5.49. The number of para-hydroxylation sites is 2. The van der Waals surface area contributed by atoms with Gasteiger partial charge in [-0.1, -0.05) is 12.1 Å². The van der Waals surface area contributed by atoms with Crippen molar-refractivity contribution in [3.05, 3.63) is 54.1 Å². The van der Waals surface area contributed by atoms with Crippen LogP contribution in [0.15, 0.2) is 48.5 Å². The molecular weight excluding hydrogens is 276 g/mol. The highest BCUT2D eigenvalue weighted by atomic mass is 16.1. The summed E-state index contributed by atoms with van der Waals surface area (Å²) in [4.78, 5) is 13.5. The highest BCUT2D eigenvalue weighted by molar-refractivity contribution is 5.93. The normalized spacial score (nSPS) is 17.4. The molecule has 5 heteroatoms. The third-order valence-electron chi connectivity index (χ3n) is 4.03. The zero-order chi connectivity index (χ0) is 15.5. The van der Waals surface area contributed by atoms with Crippen LogP contribution in [0.5, 0.6) is 0 Å². The second kappa shape index (κ2) is 6.07. The first-order chi connectivity index (χ1) is 10.7. The fraction of sp³-hybridized carbons (Fsp3) is 0.235. The third-order valence-corrected chi connectivity index (χ3v) is 4.03. The molecule has 114 valence electrons. The van der Waals surface area contributed by atoms with Crippen LogP contribution in [0.4, 0.5) is 17.1 Å². The Bertz CT molecular complexity index is 663. The number of rotatable bonds is 4. The Kier molecular flexibility index (Phi) is 3.98. The summed E-state index contributed by atoms with van der Waals surface area (Å²) in [6.07, 6.45) is 1.05. The van der Waals surface area contributed by atoms with E-state index in [9.17, 15) is 4.79 Å². The molecule has 0 aromatic heterocycles. The number of carbonyl (C=O) groups is 1. The molecule has 5 nitrogen and oxygen atoms in total. The summed E-state index contributed by atoms with van der Waals surface area (Å²) in [5.41, 5.74) is 14.7. The van der Waals surface area contributed by atoms with E-state index in [-0.39, 0.29) is 0 Å². The van der Waals surface area contributed by atoms with E-state index in [0.29, 0.717) is 11.6 Å². The molecule has 0 aliphatic carbocycles. The molecule has 22 heavy (non-hydrogen) atoms. The van der Waals surface area contributed by atoms with Gasteiger partial charge in [0.1, 0.15) is 0 Å². The molecule has 2 aromatic rings. The summed E-state index contributed by atoms with van der Waals surface area (Å²) in [7, 11) is 0. The van der Waals surface area contributed by atoms with Crippen LogP contribution in [0.3, 0.4) is 0 Å². The monoisotopic (exact) mass is 296 g/mol. The van der Waals surface area contributed by atoms with E-state index >= 15 is 0 Å². The number of amides is 1. The number of anilines is 3. The first kappa shape index (κ1) is 14.4. The maximum Gasteiger partial charge on any atom is 0.248 e. The van der Waals surface area contributed by atoms with Crippen molar-refractivity contribution in [3.63, 3.8) is 0 Å². The summed E-state index contributed by atoms with van der Waals surface area (Å²) in [6, 6.07) is 15.5. The molecule has 0 spiro atoms. The summed E-state index contributed by atoms with van der Waals surface area (Å²) >= 11 is 0. The van der Waals surface area contributed by atoms with E-state index in [1.54, 1.807) is 12.1 Å². The first-order valence-corrected chi connectivity index (χ1v) is 7.41. The average molecular weight is 296 g/mol. The largest absolute Gasteiger partial charge is 0.397 e. The van der Waals surface area contributed by atoms with Crippen LogP contribution >= 0.6 is 0 Å². The van der Waals surface area contributed by atoms with Crippen molar-refractivity contribution in [2.45, 2.75) is 12.5 Å². The molecule has 1 aliphatic heterocycles. The van der Waals surface area contributed by atoms with Crippen molar-refractivity contribution in [2.24, 2.45) is 5.73 Å². The minimum atomic E-state index is -0.417. The van der Waals surface area contributed by atoms with E-state index in [4.69, 9.17) is 11.5 Å². The van der Waals surface area contributed by atoms with Crippen molar-refractivity contribution in [1.82, 2.24) is 5.32 Å². The van der Waals surface area contributed by atoms with Crippen molar-refractivity contribution < 1.29 is 4.79 Å². The number of nitrogens with zero attached hydrogens (tertiary/aromatic N) is 1. The van der Waals surface area contributed by atoms with Crippen LogP contribution in [0.1, 0.15) is 16.8 Å². The molecule has 3 rings (SSSR count). The molecule has 1 saturated heterocycles. The van der Waals surface area contributed by atoms with Crippen LogP contribution in [-0.4, -0.2) is 25.0 Å². The number of carbonyl (C=O) groups excluding carboxylic acids is 1. The standard InChI is InChI=1S/C17H20N4O/c18-15-3-1-2-4-16(15)21(14-9-10-20-11-14)13-7-5-12(6-8-13)17(19)22/h1-8,14,20H,9-11,18H2,(H2,19,22)/t14-/m1/s1. The molecule has 1 amide bonds. The van der Waals surface area contributed by atoms with Crippen LogP contribution in [0.2, 0.25) is 0 Å². The quantitative estimate of drug-likeness (QED) is 0.752. The predicted molar refractivity (Wildman–Crippen MR) is 89.2 cm³/mol. The van der Waals surface area contributed by atoms with Crippen molar-refractivity contribution in [2.75, 3.05) is 23.7 Å². The molecular formula is C17H20N4O. The number of primary amides is 1. The summed E-state index contributed by atoms with van der Waals surface area (Å²) in [6.45, 7) is 1.90. The minimum Gasteiger partial charge on any atom is -0.397 e. The molecule has 1 fully saturated rings. The molecule has 0 unspecified atom stereocenters. The lowest BCUT2D eigenvalue weighted by Crippen LogP contribution is -2.33. The Morgan fingerprint density at radius 2 is 1.86 bits per heavy atom. The molecule has 0 bridgehead atoms. The highest BCUT2D eigenvalue weighted by Gasteiger charge is 2.25. The van der Waals surface area contributed by atoms with Crippen LogP contribution in [0, 0.1) is 0 Å². The lowest BCUT2D eigenvalue weighted by molar-refractivity contribution is 0.100. The van der Waals surface area contributed by atoms with Gasteiger partial charge in [-0.2, -0.15) is 0 Å². The fourth-order valence-electron chi connectivity index (χ4n) is 2.90. The van der Waals surface area contributed by atoms with Gasteiger partial charge in [0, 0.05) is 23.8 Å². The smallest absolute Gasteiger partial charge is 0.248 e. The summed E-state index contributed by atoms with van der Waals surface area (Å²) in [5.74, 6) is -0.417. The number of hydrogen-bond acceptors (Lipinski definition) is 4. The van der Waals surface area contributed by atoms with Gasteiger partial charge in [0.15, 0.2) is 0 Å². The summed E-state index contributed by atoms with van der Waals surface area (Å²) in [5, 5.41) is 3.38. The number of nitrogen functional groups attached to an aromatic ring is 1. The lowest BCUT2D eigenvalue weighted by atomic mass is 10.1. The topological polar surface area (TPSA) is 84.4 Å². The molecule has 5 N–H and O–H groups in total. The van der Waals surface area contributed by atoms with Crippen molar-refractivity contribution in [3.8, 4) is 0 Å². The van der Waals surface area contributed by atoms with Gasteiger partial charge in [0.25, 0.3) is 0 Å². The Morgan fingerprint density at radius 1 is 1.14 bits per heavy atom. The van der Waals surface area contributed by atoms with Crippen LogP contribution < -0.4 is 21.7 Å². The number of benzene rings is 2. The van der Waals surface area contributed by atoms with Gasteiger partial charge in [-0.15, -0.1) is 0 Å². The van der Waals surface area contributed by atoms with Gasteiger partial charge in [-0.25, -0.2) is 0 Å². The molecule has 1 atom stereocenters. The maximum atomic E-state index is 11.2. The van der Waals surface area contributed by atoms with Crippen molar-refractivity contribution >= 4 is 23.0 Å². The SMILES string of the molecule is NC(=O)c1ccc(N(c2ccccc2N)[C@@H]2CCNC2)cc1. The Hall–Kier alpha value is -2.53. The molecule has 2 aromatic carbocycles. The second-order valence-electron chi connectivity index (χ2n) is 5.49. The third kappa shape index (κ3) is 2.76. The number of nitrogens with two attached hydrogens (primary N) is 2. The van der Waals surface area contributed by atoms with Gasteiger partial charge in [-0.3, -0.25) is 4.79 Å². The Labute approximate surface area is 129 Å². The zero-order valence-electron chi connectivity index (χ0n) is 12.3. The van der Waals surface area contributed by atoms with E-state index < -0.39 is 5.91 Å². The molecule has 1 aliphatic rings. The number of nitrogens with one attached hydrogen (secondary N) is 1. The molecule has 0 radical (unpaired) electrons. The fourth-order valence-corrected chi connectivity index (χ4v) is 2.90. The maximum absolute atomic E-state index is 11.2. The lowest BCUT2D eigenvalue weighted by Gasteiger charge is -2.32. The van der Waals surface area contributed by atoms with Gasteiger partial charge < -0.3 is 21.7 Å². The molecule has 0 saturated carbocycles. The Morgan fingerprint density at radius 3 is 2.45 bits per heavy atom. The van der Waals surface area contributed by atoms with Crippen molar-refractivity contribution in [1.29, 1.82) is 0 Å². The van der Waals surface area contributed by atoms with E-state index in [1.165, 1.54) is 0 Å². The minimum absolute atomic E-state index is 0.337. The Balaban J connectivity index is 2.01.